The van der Waals surface area contributed by atoms with Crippen molar-refractivity contribution in [2.75, 3.05) is 7.05 Å². The summed E-state index contributed by atoms with van der Waals surface area (Å²) in [6.07, 6.45) is 0. The van der Waals surface area contributed by atoms with E-state index in [1.807, 2.05) is 32.9 Å². The zero-order valence-electron chi connectivity index (χ0n) is 15.9. The maximum Gasteiger partial charge on any atom is 0.252 e. The number of carbonyl (C=O) groups is 2. The van der Waals surface area contributed by atoms with Crippen molar-refractivity contribution in [1.82, 2.24) is 10.2 Å². The number of hydrogen-bond donors (Lipinski definition) is 1. The number of halogens is 2. The SMILES string of the molecule is Cc1ccccc1C(=O)NC(C(=O)N(C)Cc1ccc(F)cc1F)C(C)C. The van der Waals surface area contributed by atoms with Gasteiger partial charge in [-0.25, -0.2) is 8.78 Å². The molecule has 1 unspecified atom stereocenters. The van der Waals surface area contributed by atoms with Gasteiger partial charge in [0, 0.05) is 30.8 Å². The molecule has 0 saturated carbocycles. The molecule has 2 amide bonds. The summed E-state index contributed by atoms with van der Waals surface area (Å²) in [7, 11) is 1.53. The average Bonchev–Trinajstić information content (AvgIpc) is 2.61. The molecule has 27 heavy (non-hydrogen) atoms. The normalized spacial score (nSPS) is 12.0. The molecule has 2 aromatic carbocycles. The smallest absolute Gasteiger partial charge is 0.252 e. The molecule has 2 aromatic rings. The lowest BCUT2D eigenvalue weighted by Crippen LogP contribution is -2.50. The standard InChI is InChI=1S/C21H24F2N2O2/c1-13(2)19(24-20(26)17-8-6-5-7-14(17)3)21(27)25(4)12-15-9-10-16(22)11-18(15)23/h5-11,13,19H,12H2,1-4H3,(H,24,26). The van der Waals surface area contributed by atoms with E-state index < -0.39 is 17.7 Å². The minimum atomic E-state index is -0.759. The predicted octanol–water partition coefficient (Wildman–Crippen LogP) is 3.69. The van der Waals surface area contributed by atoms with Crippen molar-refractivity contribution in [3.05, 3.63) is 70.8 Å². The molecular weight excluding hydrogens is 350 g/mol. The summed E-state index contributed by atoms with van der Waals surface area (Å²) in [4.78, 5) is 26.7. The lowest BCUT2D eigenvalue weighted by Gasteiger charge is -2.27. The molecule has 1 atom stereocenters. The van der Waals surface area contributed by atoms with Gasteiger partial charge in [-0.2, -0.15) is 0 Å². The Bertz CT molecular complexity index is 837. The summed E-state index contributed by atoms with van der Waals surface area (Å²) in [6, 6.07) is 9.61. The number of benzene rings is 2. The van der Waals surface area contributed by atoms with Crippen LogP contribution in [0.5, 0.6) is 0 Å². The summed E-state index contributed by atoms with van der Waals surface area (Å²) >= 11 is 0. The number of carbonyl (C=O) groups excluding carboxylic acids is 2. The molecule has 1 N–H and O–H groups in total. The van der Waals surface area contributed by atoms with Gasteiger partial charge in [-0.05, 0) is 30.5 Å². The second kappa shape index (κ2) is 8.75. The van der Waals surface area contributed by atoms with Gasteiger partial charge < -0.3 is 10.2 Å². The lowest BCUT2D eigenvalue weighted by molar-refractivity contribution is -0.133. The first-order chi connectivity index (χ1) is 12.7. The number of nitrogens with zero attached hydrogens (tertiary/aromatic N) is 1. The minimum Gasteiger partial charge on any atom is -0.340 e. The monoisotopic (exact) mass is 374 g/mol. The zero-order chi connectivity index (χ0) is 20.1. The molecule has 0 radical (unpaired) electrons. The third-order valence-electron chi connectivity index (χ3n) is 4.41. The highest BCUT2D eigenvalue weighted by atomic mass is 19.1. The van der Waals surface area contributed by atoms with E-state index in [0.717, 1.165) is 17.7 Å². The Balaban J connectivity index is 2.14. The van der Waals surface area contributed by atoms with E-state index in [4.69, 9.17) is 0 Å². The summed E-state index contributed by atoms with van der Waals surface area (Å²) in [5.41, 5.74) is 1.52. The first-order valence-corrected chi connectivity index (χ1v) is 8.76. The van der Waals surface area contributed by atoms with E-state index in [-0.39, 0.29) is 29.8 Å². The Labute approximate surface area is 158 Å². The van der Waals surface area contributed by atoms with Crippen LogP contribution in [-0.4, -0.2) is 29.8 Å². The van der Waals surface area contributed by atoms with E-state index in [9.17, 15) is 18.4 Å². The molecule has 0 heterocycles. The lowest BCUT2D eigenvalue weighted by atomic mass is 10.0. The van der Waals surface area contributed by atoms with Crippen LogP contribution in [0.15, 0.2) is 42.5 Å². The van der Waals surface area contributed by atoms with Gasteiger partial charge in [-0.15, -0.1) is 0 Å². The minimum absolute atomic E-state index is 0.0194. The number of rotatable bonds is 6. The van der Waals surface area contributed by atoms with Crippen molar-refractivity contribution in [2.45, 2.75) is 33.4 Å². The fraction of sp³-hybridized carbons (Fsp3) is 0.333. The molecule has 0 bridgehead atoms. The van der Waals surface area contributed by atoms with Crippen LogP contribution in [0.3, 0.4) is 0 Å². The van der Waals surface area contributed by atoms with Gasteiger partial charge in [0.1, 0.15) is 17.7 Å². The van der Waals surface area contributed by atoms with Gasteiger partial charge in [-0.3, -0.25) is 9.59 Å². The molecule has 0 aromatic heterocycles. The first-order valence-electron chi connectivity index (χ1n) is 8.76. The molecule has 0 spiro atoms. The van der Waals surface area contributed by atoms with Crippen LogP contribution >= 0.6 is 0 Å². The molecule has 0 saturated heterocycles. The van der Waals surface area contributed by atoms with Gasteiger partial charge >= 0.3 is 0 Å². The van der Waals surface area contributed by atoms with E-state index >= 15 is 0 Å². The summed E-state index contributed by atoms with van der Waals surface area (Å²) in [5.74, 6) is -2.21. The highest BCUT2D eigenvalue weighted by Gasteiger charge is 2.28. The Morgan fingerprint density at radius 1 is 1.11 bits per heavy atom. The molecule has 0 aliphatic heterocycles. The fourth-order valence-electron chi connectivity index (χ4n) is 2.78. The maximum atomic E-state index is 13.9. The van der Waals surface area contributed by atoms with Gasteiger partial charge in [-0.1, -0.05) is 38.1 Å². The van der Waals surface area contributed by atoms with Gasteiger partial charge in [0.25, 0.3) is 5.91 Å². The van der Waals surface area contributed by atoms with Crippen molar-refractivity contribution in [2.24, 2.45) is 5.92 Å². The van der Waals surface area contributed by atoms with Crippen LogP contribution < -0.4 is 5.32 Å². The molecule has 4 nitrogen and oxygen atoms in total. The van der Waals surface area contributed by atoms with Crippen molar-refractivity contribution in [3.8, 4) is 0 Å². The molecule has 0 aliphatic carbocycles. The van der Waals surface area contributed by atoms with Crippen LogP contribution in [0, 0.1) is 24.5 Å². The van der Waals surface area contributed by atoms with Crippen molar-refractivity contribution < 1.29 is 18.4 Å². The largest absolute Gasteiger partial charge is 0.340 e. The third kappa shape index (κ3) is 5.12. The van der Waals surface area contributed by atoms with E-state index in [1.54, 1.807) is 12.1 Å². The van der Waals surface area contributed by atoms with Crippen LogP contribution in [0.25, 0.3) is 0 Å². The van der Waals surface area contributed by atoms with E-state index in [1.165, 1.54) is 18.0 Å². The fourth-order valence-corrected chi connectivity index (χ4v) is 2.78. The summed E-state index contributed by atoms with van der Waals surface area (Å²) in [6.45, 7) is 5.46. The Hall–Kier alpha value is -2.76. The average molecular weight is 374 g/mol. The predicted molar refractivity (Wildman–Crippen MR) is 100 cm³/mol. The quantitative estimate of drug-likeness (QED) is 0.838. The highest BCUT2D eigenvalue weighted by Crippen LogP contribution is 2.15. The topological polar surface area (TPSA) is 49.4 Å². The van der Waals surface area contributed by atoms with Gasteiger partial charge in [0.2, 0.25) is 5.91 Å². The number of nitrogens with one attached hydrogen (secondary N) is 1. The second-order valence-electron chi connectivity index (χ2n) is 6.94. The Morgan fingerprint density at radius 2 is 1.78 bits per heavy atom. The molecular formula is C21H24F2N2O2. The van der Waals surface area contributed by atoms with Crippen LogP contribution in [-0.2, 0) is 11.3 Å². The van der Waals surface area contributed by atoms with E-state index in [0.29, 0.717) is 5.56 Å². The van der Waals surface area contributed by atoms with Gasteiger partial charge in [0.05, 0.1) is 0 Å². The molecule has 144 valence electrons. The number of likely N-dealkylation sites (N-methyl/N-ethyl adjacent to an activating group) is 1. The summed E-state index contributed by atoms with van der Waals surface area (Å²) < 4.78 is 26.9. The number of aryl methyl sites for hydroxylation is 1. The Kier molecular flexibility index (Phi) is 6.66. The second-order valence-corrected chi connectivity index (χ2v) is 6.94. The molecule has 0 aliphatic rings. The van der Waals surface area contributed by atoms with Crippen LogP contribution in [0.1, 0.15) is 35.3 Å². The summed E-state index contributed by atoms with van der Waals surface area (Å²) in [5, 5.41) is 2.78. The van der Waals surface area contributed by atoms with Crippen molar-refractivity contribution in [1.29, 1.82) is 0 Å². The number of amides is 2. The maximum absolute atomic E-state index is 13.9. The zero-order valence-corrected chi connectivity index (χ0v) is 15.9. The highest BCUT2D eigenvalue weighted by molar-refractivity contribution is 5.98. The van der Waals surface area contributed by atoms with Gasteiger partial charge in [0.15, 0.2) is 0 Å². The van der Waals surface area contributed by atoms with Crippen molar-refractivity contribution in [3.63, 3.8) is 0 Å². The first kappa shape index (κ1) is 20.6. The van der Waals surface area contributed by atoms with Crippen molar-refractivity contribution >= 4 is 11.8 Å². The van der Waals surface area contributed by atoms with E-state index in [2.05, 4.69) is 5.32 Å². The molecule has 6 heteroatoms. The Morgan fingerprint density at radius 3 is 2.37 bits per heavy atom. The molecule has 0 fully saturated rings. The van der Waals surface area contributed by atoms with Crippen LogP contribution in [0.4, 0.5) is 8.78 Å². The van der Waals surface area contributed by atoms with Crippen LogP contribution in [0.2, 0.25) is 0 Å². The number of hydrogen-bond acceptors (Lipinski definition) is 2. The molecule has 2 rings (SSSR count). The third-order valence-corrected chi connectivity index (χ3v) is 4.41.